The van der Waals surface area contributed by atoms with E-state index in [0.717, 1.165) is 40.9 Å². The Morgan fingerprint density at radius 2 is 2.00 bits per heavy atom. The smallest absolute Gasteiger partial charge is 0.168 e. The molecule has 1 N–H and O–H groups in total. The standard InChI is InChI=1S/C17H17N5O/c1-11-10-19-14-9-13(23-2)3-4-15(14)22-16(11)20-21-17(22)12-5-7-18-8-6-12/h3-9,11,19H,10H2,1-2H3/t11-/m1/s1. The molecule has 0 amide bonds. The zero-order valence-corrected chi connectivity index (χ0v) is 13.0. The lowest BCUT2D eigenvalue weighted by Crippen LogP contribution is -2.09. The van der Waals surface area contributed by atoms with E-state index in [0.29, 0.717) is 0 Å². The van der Waals surface area contributed by atoms with Crippen LogP contribution in [0.3, 0.4) is 0 Å². The third kappa shape index (κ3) is 2.23. The molecule has 2 aromatic heterocycles. The maximum Gasteiger partial charge on any atom is 0.168 e. The van der Waals surface area contributed by atoms with E-state index in [1.807, 2.05) is 30.3 Å². The molecule has 0 bridgehead atoms. The molecule has 0 fully saturated rings. The highest BCUT2D eigenvalue weighted by atomic mass is 16.5. The van der Waals surface area contributed by atoms with Gasteiger partial charge >= 0.3 is 0 Å². The Morgan fingerprint density at radius 3 is 2.78 bits per heavy atom. The molecule has 0 aliphatic carbocycles. The van der Waals surface area contributed by atoms with Crippen LogP contribution in [0.1, 0.15) is 18.7 Å². The van der Waals surface area contributed by atoms with Crippen LogP contribution in [-0.4, -0.2) is 33.4 Å². The average Bonchev–Trinajstić information content (AvgIpc) is 2.99. The number of methoxy groups -OCH3 is 1. The number of ether oxygens (including phenoxy) is 1. The molecule has 0 spiro atoms. The molecule has 0 saturated carbocycles. The second kappa shape index (κ2) is 5.39. The van der Waals surface area contributed by atoms with Gasteiger partial charge in [0.15, 0.2) is 5.82 Å². The highest BCUT2D eigenvalue weighted by molar-refractivity contribution is 5.69. The molecule has 1 aromatic carbocycles. The van der Waals surface area contributed by atoms with Gasteiger partial charge < -0.3 is 10.1 Å². The molecule has 0 radical (unpaired) electrons. The van der Waals surface area contributed by atoms with Crippen molar-refractivity contribution in [2.75, 3.05) is 19.0 Å². The first-order chi connectivity index (χ1) is 11.3. The van der Waals surface area contributed by atoms with E-state index in [1.165, 1.54) is 0 Å². The summed E-state index contributed by atoms with van der Waals surface area (Å²) in [4.78, 5) is 4.08. The maximum atomic E-state index is 5.34. The summed E-state index contributed by atoms with van der Waals surface area (Å²) in [6.07, 6.45) is 3.54. The molecule has 3 aromatic rings. The Labute approximate surface area is 134 Å². The summed E-state index contributed by atoms with van der Waals surface area (Å²) in [5.74, 6) is 2.85. The highest BCUT2D eigenvalue weighted by Gasteiger charge is 2.25. The Bertz CT molecular complexity index is 843. The number of rotatable bonds is 2. The van der Waals surface area contributed by atoms with Gasteiger partial charge in [-0.05, 0) is 24.3 Å². The molecule has 1 aliphatic heterocycles. The van der Waals surface area contributed by atoms with E-state index in [4.69, 9.17) is 4.74 Å². The lowest BCUT2D eigenvalue weighted by atomic mass is 10.1. The van der Waals surface area contributed by atoms with Crippen molar-refractivity contribution in [1.29, 1.82) is 0 Å². The van der Waals surface area contributed by atoms with Crippen LogP contribution in [0.15, 0.2) is 42.7 Å². The van der Waals surface area contributed by atoms with E-state index in [2.05, 4.69) is 32.0 Å². The van der Waals surface area contributed by atoms with Gasteiger partial charge in [0.05, 0.1) is 18.5 Å². The number of nitrogens with zero attached hydrogens (tertiary/aromatic N) is 4. The summed E-state index contributed by atoms with van der Waals surface area (Å²) in [5.41, 5.74) is 3.04. The summed E-state index contributed by atoms with van der Waals surface area (Å²) in [6.45, 7) is 2.95. The second-order valence-corrected chi connectivity index (χ2v) is 5.62. The first-order valence-electron chi connectivity index (χ1n) is 7.56. The average molecular weight is 307 g/mol. The van der Waals surface area contributed by atoms with Crippen molar-refractivity contribution in [3.63, 3.8) is 0 Å². The minimum atomic E-state index is 0.247. The molecule has 23 heavy (non-hydrogen) atoms. The van der Waals surface area contributed by atoms with Crippen molar-refractivity contribution in [1.82, 2.24) is 19.7 Å². The van der Waals surface area contributed by atoms with Crippen molar-refractivity contribution < 1.29 is 4.74 Å². The van der Waals surface area contributed by atoms with Crippen molar-refractivity contribution >= 4 is 5.69 Å². The van der Waals surface area contributed by atoms with Crippen molar-refractivity contribution in [2.45, 2.75) is 12.8 Å². The van der Waals surface area contributed by atoms with E-state index < -0.39 is 0 Å². The van der Waals surface area contributed by atoms with E-state index in [1.54, 1.807) is 19.5 Å². The van der Waals surface area contributed by atoms with Crippen molar-refractivity contribution in [3.8, 4) is 22.8 Å². The summed E-state index contributed by atoms with van der Waals surface area (Å²) in [6, 6.07) is 9.90. The third-order valence-electron chi connectivity index (χ3n) is 4.11. The van der Waals surface area contributed by atoms with Gasteiger partial charge in [-0.1, -0.05) is 6.92 Å². The Kier molecular flexibility index (Phi) is 3.22. The van der Waals surface area contributed by atoms with Crippen molar-refractivity contribution in [3.05, 3.63) is 48.5 Å². The number of hydrogen-bond acceptors (Lipinski definition) is 5. The number of aromatic nitrogens is 4. The zero-order valence-electron chi connectivity index (χ0n) is 13.0. The Morgan fingerprint density at radius 1 is 1.17 bits per heavy atom. The van der Waals surface area contributed by atoms with E-state index >= 15 is 0 Å². The maximum absolute atomic E-state index is 5.34. The molecule has 3 heterocycles. The van der Waals surface area contributed by atoms with E-state index in [9.17, 15) is 0 Å². The Balaban J connectivity index is 1.96. The van der Waals surface area contributed by atoms with Gasteiger partial charge in [0.2, 0.25) is 0 Å². The van der Waals surface area contributed by atoms with Crippen LogP contribution in [0, 0.1) is 0 Å². The van der Waals surface area contributed by atoms with Gasteiger partial charge in [-0.3, -0.25) is 9.55 Å². The third-order valence-corrected chi connectivity index (χ3v) is 4.11. The quantitative estimate of drug-likeness (QED) is 0.788. The van der Waals surface area contributed by atoms with Gasteiger partial charge in [0.25, 0.3) is 0 Å². The van der Waals surface area contributed by atoms with Gasteiger partial charge in [-0.25, -0.2) is 0 Å². The first kappa shape index (κ1) is 13.8. The van der Waals surface area contributed by atoms with Crippen molar-refractivity contribution in [2.24, 2.45) is 0 Å². The molecule has 4 rings (SSSR count). The fourth-order valence-corrected chi connectivity index (χ4v) is 2.87. The Hall–Kier alpha value is -2.89. The second-order valence-electron chi connectivity index (χ2n) is 5.62. The van der Waals surface area contributed by atoms with Gasteiger partial charge in [0.1, 0.15) is 11.6 Å². The summed E-state index contributed by atoms with van der Waals surface area (Å²) in [7, 11) is 1.67. The fraction of sp³-hybridized carbons (Fsp3) is 0.235. The normalized spacial score (nSPS) is 16.0. The lowest BCUT2D eigenvalue weighted by molar-refractivity contribution is 0.415. The number of nitrogens with one attached hydrogen (secondary N) is 1. The minimum Gasteiger partial charge on any atom is -0.497 e. The number of fused-ring (bicyclic) bond motifs is 3. The predicted molar refractivity (Wildman–Crippen MR) is 88.0 cm³/mol. The minimum absolute atomic E-state index is 0.247. The van der Waals surface area contributed by atoms with Gasteiger partial charge in [0, 0.05) is 36.5 Å². The largest absolute Gasteiger partial charge is 0.497 e. The topological polar surface area (TPSA) is 64.9 Å². The molecule has 0 unspecified atom stereocenters. The molecule has 1 aliphatic rings. The number of pyridine rings is 1. The summed E-state index contributed by atoms with van der Waals surface area (Å²) in [5, 5.41) is 12.3. The van der Waals surface area contributed by atoms with Crippen LogP contribution in [0.2, 0.25) is 0 Å². The predicted octanol–water partition coefficient (Wildman–Crippen LogP) is 2.87. The molecule has 6 heteroatoms. The van der Waals surface area contributed by atoms with Crippen LogP contribution in [0.5, 0.6) is 5.75 Å². The SMILES string of the molecule is COc1ccc2c(c1)NC[C@@H](C)c1nnc(-c3ccncc3)n1-2. The molecule has 1 atom stereocenters. The zero-order chi connectivity index (χ0) is 15.8. The van der Waals surface area contributed by atoms with E-state index in [-0.39, 0.29) is 5.92 Å². The first-order valence-corrected chi connectivity index (χ1v) is 7.56. The number of benzene rings is 1. The molecule has 116 valence electrons. The summed E-state index contributed by atoms with van der Waals surface area (Å²) < 4.78 is 7.46. The lowest BCUT2D eigenvalue weighted by Gasteiger charge is -2.13. The van der Waals surface area contributed by atoms with Gasteiger partial charge in [-0.2, -0.15) is 0 Å². The van der Waals surface area contributed by atoms with Crippen LogP contribution in [-0.2, 0) is 0 Å². The summed E-state index contributed by atoms with van der Waals surface area (Å²) >= 11 is 0. The fourth-order valence-electron chi connectivity index (χ4n) is 2.87. The molecular formula is C17H17N5O. The highest BCUT2D eigenvalue weighted by Crippen LogP contribution is 2.35. The molecule has 0 saturated heterocycles. The number of hydrogen-bond donors (Lipinski definition) is 1. The molecule has 6 nitrogen and oxygen atoms in total. The number of anilines is 1. The molecular weight excluding hydrogens is 290 g/mol. The van der Waals surface area contributed by atoms with Crippen LogP contribution in [0.25, 0.3) is 17.1 Å². The van der Waals surface area contributed by atoms with Crippen LogP contribution in [0.4, 0.5) is 5.69 Å². The van der Waals surface area contributed by atoms with Crippen LogP contribution < -0.4 is 10.1 Å². The van der Waals surface area contributed by atoms with Gasteiger partial charge in [-0.15, -0.1) is 10.2 Å². The van der Waals surface area contributed by atoms with Crippen LogP contribution >= 0.6 is 0 Å². The monoisotopic (exact) mass is 307 g/mol.